The average Bonchev–Trinajstić information content (AvgIpc) is 2.38. The molecule has 2 aliphatic rings. The Kier molecular flexibility index (Phi) is 3.81. The van der Waals surface area contributed by atoms with Gasteiger partial charge in [0.25, 0.3) is 5.69 Å². The number of nitro groups is 1. The quantitative estimate of drug-likeness (QED) is 0.540. The van der Waals surface area contributed by atoms with E-state index >= 15 is 0 Å². The molecule has 0 amide bonds. The standard InChI is InChI=1S/C17H20F3NO3/c1-9-11-7-13(21(22)23)12(17(18,19)20)8-14(11)24-16(2,3)15(9)10-5-4-6-10/h7-10,15H,4-6H2,1-3H3. The van der Waals surface area contributed by atoms with Crippen LogP contribution < -0.4 is 4.74 Å². The third-order valence-corrected chi connectivity index (χ3v) is 5.49. The summed E-state index contributed by atoms with van der Waals surface area (Å²) in [5, 5.41) is 11.1. The van der Waals surface area contributed by atoms with Gasteiger partial charge in [0.15, 0.2) is 0 Å². The van der Waals surface area contributed by atoms with E-state index in [1.807, 2.05) is 20.8 Å². The van der Waals surface area contributed by atoms with Crippen molar-refractivity contribution in [2.75, 3.05) is 0 Å². The van der Waals surface area contributed by atoms with Crippen LogP contribution >= 0.6 is 0 Å². The lowest BCUT2D eigenvalue weighted by Gasteiger charge is -2.50. The highest BCUT2D eigenvalue weighted by Gasteiger charge is 2.49. The topological polar surface area (TPSA) is 52.4 Å². The predicted octanol–water partition coefficient (Wildman–Crippen LogP) is 5.30. The molecule has 0 N–H and O–H groups in total. The van der Waals surface area contributed by atoms with Crippen molar-refractivity contribution < 1.29 is 22.8 Å². The van der Waals surface area contributed by atoms with Gasteiger partial charge in [-0.3, -0.25) is 10.1 Å². The van der Waals surface area contributed by atoms with E-state index < -0.39 is 28.0 Å². The van der Waals surface area contributed by atoms with E-state index in [1.165, 1.54) is 0 Å². The second-order valence-corrected chi connectivity index (χ2v) is 7.37. The molecule has 2 atom stereocenters. The Morgan fingerprint density at radius 1 is 1.29 bits per heavy atom. The molecule has 0 saturated heterocycles. The molecule has 2 unspecified atom stereocenters. The highest BCUT2D eigenvalue weighted by molar-refractivity contribution is 5.54. The number of ether oxygens (including phenoxy) is 1. The first-order chi connectivity index (χ1) is 11.0. The first-order valence-corrected chi connectivity index (χ1v) is 8.11. The summed E-state index contributed by atoms with van der Waals surface area (Å²) in [6.07, 6.45) is -1.51. The fraction of sp³-hybridized carbons (Fsp3) is 0.647. The van der Waals surface area contributed by atoms with Crippen molar-refractivity contribution in [3.63, 3.8) is 0 Å². The number of nitrogens with zero attached hydrogens (tertiary/aromatic N) is 1. The summed E-state index contributed by atoms with van der Waals surface area (Å²) >= 11 is 0. The third kappa shape index (κ3) is 2.63. The Bertz CT molecular complexity index is 680. The van der Waals surface area contributed by atoms with Gasteiger partial charge in [0.05, 0.1) is 4.92 Å². The lowest BCUT2D eigenvalue weighted by molar-refractivity contribution is -0.388. The van der Waals surface area contributed by atoms with Gasteiger partial charge in [0, 0.05) is 17.5 Å². The van der Waals surface area contributed by atoms with Crippen LogP contribution in [0.4, 0.5) is 18.9 Å². The number of nitro benzene ring substituents is 1. The zero-order valence-electron chi connectivity index (χ0n) is 13.8. The molecule has 0 bridgehead atoms. The molecule has 1 aliphatic carbocycles. The third-order valence-electron chi connectivity index (χ3n) is 5.49. The largest absolute Gasteiger partial charge is 0.487 e. The van der Waals surface area contributed by atoms with Gasteiger partial charge in [-0.2, -0.15) is 13.2 Å². The molecule has 7 heteroatoms. The SMILES string of the molecule is CC1c2cc([N+](=O)[O-])c(C(F)(F)F)cc2OC(C)(C)C1C1CCC1. The number of hydrogen-bond donors (Lipinski definition) is 0. The first-order valence-electron chi connectivity index (χ1n) is 8.11. The molecule has 1 heterocycles. The summed E-state index contributed by atoms with van der Waals surface area (Å²) in [6.45, 7) is 5.72. The van der Waals surface area contributed by atoms with Crippen molar-refractivity contribution in [2.24, 2.45) is 11.8 Å². The minimum absolute atomic E-state index is 0.0879. The number of alkyl halides is 3. The normalized spacial score (nSPS) is 26.2. The number of hydrogen-bond acceptors (Lipinski definition) is 3. The van der Waals surface area contributed by atoms with E-state index in [-0.39, 0.29) is 17.6 Å². The summed E-state index contributed by atoms with van der Waals surface area (Å²) < 4.78 is 45.4. The van der Waals surface area contributed by atoms with Crippen LogP contribution in [0.1, 0.15) is 57.1 Å². The predicted molar refractivity (Wildman–Crippen MR) is 82.1 cm³/mol. The Balaban J connectivity index is 2.13. The van der Waals surface area contributed by atoms with Crippen molar-refractivity contribution in [1.29, 1.82) is 0 Å². The van der Waals surface area contributed by atoms with Gasteiger partial charge in [-0.25, -0.2) is 0 Å². The van der Waals surface area contributed by atoms with Crippen LogP contribution in [0, 0.1) is 22.0 Å². The molecular weight excluding hydrogens is 323 g/mol. The minimum Gasteiger partial charge on any atom is -0.487 e. The molecular formula is C17H20F3NO3. The fourth-order valence-corrected chi connectivity index (χ4v) is 4.33. The minimum atomic E-state index is -4.79. The van der Waals surface area contributed by atoms with Gasteiger partial charge < -0.3 is 4.74 Å². The number of fused-ring (bicyclic) bond motifs is 1. The van der Waals surface area contributed by atoms with E-state index in [4.69, 9.17) is 4.74 Å². The highest BCUT2D eigenvalue weighted by atomic mass is 19.4. The van der Waals surface area contributed by atoms with Crippen LogP contribution in [0.3, 0.4) is 0 Å². The van der Waals surface area contributed by atoms with Crippen molar-refractivity contribution in [3.8, 4) is 5.75 Å². The van der Waals surface area contributed by atoms with Gasteiger partial charge in [-0.15, -0.1) is 0 Å². The van der Waals surface area contributed by atoms with Crippen molar-refractivity contribution >= 4 is 5.69 Å². The summed E-state index contributed by atoms with van der Waals surface area (Å²) in [6, 6.07) is 1.85. The van der Waals surface area contributed by atoms with E-state index in [1.54, 1.807) is 0 Å². The monoisotopic (exact) mass is 343 g/mol. The second-order valence-electron chi connectivity index (χ2n) is 7.37. The molecule has 0 spiro atoms. The van der Waals surface area contributed by atoms with Crippen molar-refractivity contribution in [3.05, 3.63) is 33.4 Å². The molecule has 0 radical (unpaired) electrons. The van der Waals surface area contributed by atoms with Crippen LogP contribution in [0.15, 0.2) is 12.1 Å². The van der Waals surface area contributed by atoms with Gasteiger partial charge in [-0.1, -0.05) is 26.2 Å². The number of halogens is 3. The summed E-state index contributed by atoms with van der Waals surface area (Å²) in [7, 11) is 0. The van der Waals surface area contributed by atoms with Crippen LogP contribution in [0.5, 0.6) is 5.75 Å². The van der Waals surface area contributed by atoms with Crippen LogP contribution in [0.25, 0.3) is 0 Å². The van der Waals surface area contributed by atoms with E-state index in [0.717, 1.165) is 31.4 Å². The molecule has 1 aliphatic heterocycles. The van der Waals surface area contributed by atoms with Gasteiger partial charge >= 0.3 is 6.18 Å². The van der Waals surface area contributed by atoms with Gasteiger partial charge in [0.2, 0.25) is 0 Å². The lowest BCUT2D eigenvalue weighted by Crippen LogP contribution is -2.49. The molecule has 3 rings (SSSR count). The molecule has 1 saturated carbocycles. The second kappa shape index (κ2) is 5.36. The fourth-order valence-electron chi connectivity index (χ4n) is 4.33. The maximum Gasteiger partial charge on any atom is 0.423 e. The maximum atomic E-state index is 13.2. The van der Waals surface area contributed by atoms with Crippen LogP contribution in [-0.4, -0.2) is 10.5 Å². The number of rotatable bonds is 2. The average molecular weight is 343 g/mol. The van der Waals surface area contributed by atoms with Gasteiger partial charge in [-0.05, 0) is 31.7 Å². The Hall–Kier alpha value is -1.79. The summed E-state index contributed by atoms with van der Waals surface area (Å²) in [4.78, 5) is 10.2. The lowest BCUT2D eigenvalue weighted by atomic mass is 9.62. The molecule has 1 aromatic rings. The molecule has 4 nitrogen and oxygen atoms in total. The molecule has 24 heavy (non-hydrogen) atoms. The van der Waals surface area contributed by atoms with Crippen molar-refractivity contribution in [1.82, 2.24) is 0 Å². The molecule has 0 aromatic heterocycles. The Labute approximate surface area is 138 Å². The van der Waals surface area contributed by atoms with E-state index in [0.29, 0.717) is 11.5 Å². The van der Waals surface area contributed by atoms with E-state index in [2.05, 4.69) is 0 Å². The maximum absolute atomic E-state index is 13.2. The molecule has 1 fully saturated rings. The Morgan fingerprint density at radius 2 is 1.92 bits per heavy atom. The summed E-state index contributed by atoms with van der Waals surface area (Å²) in [5.74, 6) is 0.607. The molecule has 1 aromatic carbocycles. The smallest absolute Gasteiger partial charge is 0.423 e. The van der Waals surface area contributed by atoms with E-state index in [9.17, 15) is 23.3 Å². The number of benzene rings is 1. The Morgan fingerprint density at radius 3 is 2.38 bits per heavy atom. The van der Waals surface area contributed by atoms with Gasteiger partial charge in [0.1, 0.15) is 16.9 Å². The van der Waals surface area contributed by atoms with Crippen LogP contribution in [0.2, 0.25) is 0 Å². The summed E-state index contributed by atoms with van der Waals surface area (Å²) in [5.41, 5.74) is -2.25. The van der Waals surface area contributed by atoms with Crippen molar-refractivity contribution in [2.45, 2.75) is 57.7 Å². The first kappa shape index (κ1) is 17.0. The van der Waals surface area contributed by atoms with Crippen LogP contribution in [-0.2, 0) is 6.18 Å². The molecule has 132 valence electrons. The zero-order valence-corrected chi connectivity index (χ0v) is 13.8. The zero-order chi connectivity index (χ0) is 17.9. The highest BCUT2D eigenvalue weighted by Crippen LogP contribution is 2.54.